The van der Waals surface area contributed by atoms with E-state index in [0.717, 1.165) is 18.2 Å². The molecule has 6 nitrogen and oxygen atoms in total. The van der Waals surface area contributed by atoms with Crippen LogP contribution in [0.3, 0.4) is 0 Å². The average Bonchev–Trinajstić information content (AvgIpc) is 2.77. The summed E-state index contributed by atoms with van der Waals surface area (Å²) in [7, 11) is -1.08. The number of alkyl halides is 3. The number of nitrogens with one attached hydrogen (secondary N) is 1. The van der Waals surface area contributed by atoms with Crippen molar-refractivity contribution in [2.45, 2.75) is 18.0 Å². The molecule has 1 N–H and O–H groups in total. The van der Waals surface area contributed by atoms with Crippen molar-refractivity contribution in [3.05, 3.63) is 58.0 Å². The quantitative estimate of drug-likeness (QED) is 0.736. The molecule has 0 radical (unpaired) electrons. The maximum absolute atomic E-state index is 12.8. The van der Waals surface area contributed by atoms with E-state index in [9.17, 15) is 26.4 Å². The van der Waals surface area contributed by atoms with Gasteiger partial charge in [0.25, 0.3) is 10.0 Å². The molecule has 3 rings (SSSR count). The van der Waals surface area contributed by atoms with E-state index in [0.29, 0.717) is 16.6 Å². The number of anilines is 1. The molecule has 0 bridgehead atoms. The fourth-order valence-electron chi connectivity index (χ4n) is 2.89. The van der Waals surface area contributed by atoms with Crippen LogP contribution in [0, 0.1) is 6.92 Å². The summed E-state index contributed by atoms with van der Waals surface area (Å²) >= 11 is 0. The third kappa shape index (κ3) is 3.32. The highest BCUT2D eigenvalue weighted by atomic mass is 32.2. The lowest BCUT2D eigenvalue weighted by Crippen LogP contribution is -2.19. The first-order valence-corrected chi connectivity index (χ1v) is 9.26. The zero-order valence-electron chi connectivity index (χ0n) is 14.6. The maximum atomic E-state index is 12.8. The highest BCUT2D eigenvalue weighted by molar-refractivity contribution is 7.92. The Balaban J connectivity index is 2.09. The summed E-state index contributed by atoms with van der Waals surface area (Å²) in [4.78, 5) is 11.9. The Kier molecular flexibility index (Phi) is 4.34. The largest absolute Gasteiger partial charge is 0.416 e. The summed E-state index contributed by atoms with van der Waals surface area (Å²) in [6, 6.07) is 6.83. The number of rotatable bonds is 3. The minimum absolute atomic E-state index is 0.117. The average molecular weight is 399 g/mol. The zero-order valence-corrected chi connectivity index (χ0v) is 15.4. The van der Waals surface area contributed by atoms with Gasteiger partial charge in [-0.25, -0.2) is 13.2 Å². The number of hydrogen-bond acceptors (Lipinski definition) is 3. The molecule has 0 aliphatic carbocycles. The van der Waals surface area contributed by atoms with E-state index in [2.05, 4.69) is 4.72 Å². The van der Waals surface area contributed by atoms with Crippen molar-refractivity contribution in [2.75, 3.05) is 4.72 Å². The molecule has 0 atom stereocenters. The normalized spacial score (nSPS) is 12.5. The molecule has 1 heterocycles. The van der Waals surface area contributed by atoms with E-state index in [1.54, 1.807) is 20.0 Å². The Morgan fingerprint density at radius 3 is 2.19 bits per heavy atom. The Labute approximate surface area is 152 Å². The summed E-state index contributed by atoms with van der Waals surface area (Å²) in [5, 5.41) is 0. The van der Waals surface area contributed by atoms with Crippen molar-refractivity contribution in [3.8, 4) is 0 Å². The number of imidazole rings is 1. The molecule has 0 amide bonds. The van der Waals surface area contributed by atoms with Crippen molar-refractivity contribution >= 4 is 26.7 Å². The van der Waals surface area contributed by atoms with Crippen molar-refractivity contribution in [2.24, 2.45) is 14.1 Å². The predicted molar refractivity (Wildman–Crippen MR) is 95.1 cm³/mol. The van der Waals surface area contributed by atoms with Crippen molar-refractivity contribution in [1.29, 1.82) is 0 Å². The highest BCUT2D eigenvalue weighted by Crippen LogP contribution is 2.31. The van der Waals surface area contributed by atoms with Gasteiger partial charge in [-0.3, -0.25) is 13.9 Å². The van der Waals surface area contributed by atoms with Gasteiger partial charge in [-0.1, -0.05) is 6.07 Å². The number of sulfonamides is 1. The van der Waals surface area contributed by atoms with E-state index >= 15 is 0 Å². The summed E-state index contributed by atoms with van der Waals surface area (Å²) in [5.74, 6) is 0. The number of aromatic nitrogens is 2. The number of benzene rings is 2. The van der Waals surface area contributed by atoms with Gasteiger partial charge >= 0.3 is 11.9 Å². The molecule has 0 unspecified atom stereocenters. The van der Waals surface area contributed by atoms with Gasteiger partial charge in [0.2, 0.25) is 0 Å². The maximum Gasteiger partial charge on any atom is 0.416 e. The van der Waals surface area contributed by atoms with Crippen LogP contribution >= 0.6 is 0 Å². The summed E-state index contributed by atoms with van der Waals surface area (Å²) in [5.41, 5.74) is -0.157. The second-order valence-electron chi connectivity index (χ2n) is 6.19. The number of halogens is 3. The van der Waals surface area contributed by atoms with Crippen LogP contribution in [0.1, 0.15) is 11.1 Å². The van der Waals surface area contributed by atoms with Gasteiger partial charge in [0.1, 0.15) is 0 Å². The van der Waals surface area contributed by atoms with Gasteiger partial charge in [-0.15, -0.1) is 0 Å². The minimum Gasteiger partial charge on any atom is -0.295 e. The van der Waals surface area contributed by atoms with Gasteiger partial charge in [-0.2, -0.15) is 13.2 Å². The molecule has 0 aliphatic rings. The molecule has 0 saturated carbocycles. The Hall–Kier alpha value is -2.75. The van der Waals surface area contributed by atoms with Gasteiger partial charge in [0, 0.05) is 19.8 Å². The SMILES string of the molecule is Cc1cc2c(cc1S(=O)(=O)Nc1cccc(C(F)(F)F)c1)n(C)c(=O)n2C. The first-order valence-electron chi connectivity index (χ1n) is 7.78. The van der Waals surface area contributed by atoms with Crippen LogP contribution in [0.2, 0.25) is 0 Å². The van der Waals surface area contributed by atoms with Crippen LogP contribution in [0.5, 0.6) is 0 Å². The van der Waals surface area contributed by atoms with Crippen LogP contribution in [0.4, 0.5) is 18.9 Å². The second kappa shape index (κ2) is 6.15. The zero-order chi connectivity index (χ0) is 20.1. The molecule has 2 aromatic carbocycles. The molecule has 0 spiro atoms. The molecule has 3 aromatic rings. The Morgan fingerprint density at radius 1 is 1.00 bits per heavy atom. The summed E-state index contributed by atoms with van der Waals surface area (Å²) < 4.78 is 68.9. The Morgan fingerprint density at radius 2 is 1.59 bits per heavy atom. The number of aryl methyl sites for hydroxylation is 3. The van der Waals surface area contributed by atoms with E-state index in [1.807, 2.05) is 0 Å². The molecular weight excluding hydrogens is 383 g/mol. The number of nitrogens with zero attached hydrogens (tertiary/aromatic N) is 2. The topological polar surface area (TPSA) is 73.1 Å². The molecule has 0 saturated heterocycles. The van der Waals surface area contributed by atoms with E-state index in [1.165, 1.54) is 28.3 Å². The lowest BCUT2D eigenvalue weighted by Gasteiger charge is -2.13. The lowest BCUT2D eigenvalue weighted by molar-refractivity contribution is -0.137. The first kappa shape index (κ1) is 19.0. The molecule has 144 valence electrons. The molecule has 0 aliphatic heterocycles. The summed E-state index contributed by atoms with van der Waals surface area (Å²) in [6.07, 6.45) is -4.58. The minimum atomic E-state index is -4.58. The van der Waals surface area contributed by atoms with Crippen molar-refractivity contribution < 1.29 is 21.6 Å². The van der Waals surface area contributed by atoms with Gasteiger partial charge in [0.15, 0.2) is 0 Å². The second-order valence-corrected chi connectivity index (χ2v) is 7.84. The number of hydrogen-bond donors (Lipinski definition) is 1. The molecule has 1 aromatic heterocycles. The van der Waals surface area contributed by atoms with E-state index < -0.39 is 21.8 Å². The molecule has 0 fully saturated rings. The van der Waals surface area contributed by atoms with Gasteiger partial charge < -0.3 is 0 Å². The van der Waals surface area contributed by atoms with Crippen LogP contribution < -0.4 is 10.4 Å². The summed E-state index contributed by atoms with van der Waals surface area (Å²) in [6.45, 7) is 1.55. The van der Waals surface area contributed by atoms with E-state index in [-0.39, 0.29) is 16.3 Å². The van der Waals surface area contributed by atoms with E-state index in [4.69, 9.17) is 0 Å². The van der Waals surface area contributed by atoms with Crippen LogP contribution in [0.25, 0.3) is 11.0 Å². The third-order valence-electron chi connectivity index (χ3n) is 4.30. The van der Waals surface area contributed by atoms with Crippen LogP contribution in [-0.4, -0.2) is 17.6 Å². The standard InChI is InChI=1S/C17H16F3N3O3S/c1-10-7-13-14(23(3)16(24)22(13)2)9-15(10)27(25,26)21-12-6-4-5-11(8-12)17(18,19)20/h4-9,21H,1-3H3. The fourth-order valence-corrected chi connectivity index (χ4v) is 4.19. The number of fused-ring (bicyclic) bond motifs is 1. The predicted octanol–water partition coefficient (Wildman–Crippen LogP) is 3.01. The van der Waals surface area contributed by atoms with Gasteiger partial charge in [0.05, 0.1) is 21.5 Å². The highest BCUT2D eigenvalue weighted by Gasteiger charge is 2.31. The van der Waals surface area contributed by atoms with Crippen molar-refractivity contribution in [1.82, 2.24) is 9.13 Å². The molecule has 27 heavy (non-hydrogen) atoms. The van der Waals surface area contributed by atoms with Crippen LogP contribution in [-0.2, 0) is 30.3 Å². The molecule has 10 heteroatoms. The van der Waals surface area contributed by atoms with Crippen molar-refractivity contribution in [3.63, 3.8) is 0 Å². The third-order valence-corrected chi connectivity index (χ3v) is 5.82. The van der Waals surface area contributed by atoms with Crippen LogP contribution in [0.15, 0.2) is 46.1 Å². The monoisotopic (exact) mass is 399 g/mol. The fraction of sp³-hybridized carbons (Fsp3) is 0.235. The van der Waals surface area contributed by atoms with Gasteiger partial charge in [-0.05, 0) is 42.8 Å². The molecular formula is C17H16F3N3O3S. The smallest absolute Gasteiger partial charge is 0.295 e. The lowest BCUT2D eigenvalue weighted by atomic mass is 10.2. The first-order chi connectivity index (χ1) is 12.4. The Bertz CT molecular complexity index is 1210.